The molecule has 1 fully saturated rings. The molecular formula is C14H19BrFNO. The maximum Gasteiger partial charge on any atom is 0.146 e. The zero-order chi connectivity index (χ0) is 13.0. The molecule has 0 aliphatic carbocycles. The van der Waals surface area contributed by atoms with Crippen molar-refractivity contribution in [2.45, 2.75) is 31.2 Å². The number of nitrogens with zero attached hydrogens (tertiary/aromatic N) is 1. The summed E-state index contributed by atoms with van der Waals surface area (Å²) in [4.78, 5) is 2.14. The van der Waals surface area contributed by atoms with E-state index in [0.29, 0.717) is 11.4 Å². The molecule has 1 aromatic rings. The van der Waals surface area contributed by atoms with Crippen molar-refractivity contribution in [3.8, 4) is 0 Å². The lowest BCUT2D eigenvalue weighted by atomic mass is 10.1. The second-order valence-corrected chi connectivity index (χ2v) is 5.08. The number of para-hydroxylation sites is 1. The molecular weight excluding hydrogens is 297 g/mol. The van der Waals surface area contributed by atoms with Gasteiger partial charge in [0.15, 0.2) is 0 Å². The van der Waals surface area contributed by atoms with Gasteiger partial charge in [0.2, 0.25) is 0 Å². The summed E-state index contributed by atoms with van der Waals surface area (Å²) in [5.41, 5.74) is 1.77. The van der Waals surface area contributed by atoms with Crippen LogP contribution in [0.1, 0.15) is 25.3 Å². The summed E-state index contributed by atoms with van der Waals surface area (Å²) in [6, 6.07) is 5.28. The number of anilines is 1. The molecule has 2 nitrogen and oxygen atoms in total. The van der Waals surface area contributed by atoms with Gasteiger partial charge in [-0.25, -0.2) is 4.39 Å². The number of hydrogen-bond acceptors (Lipinski definition) is 2. The van der Waals surface area contributed by atoms with Gasteiger partial charge in [0, 0.05) is 25.0 Å². The van der Waals surface area contributed by atoms with Gasteiger partial charge < -0.3 is 9.64 Å². The van der Waals surface area contributed by atoms with E-state index in [9.17, 15) is 4.39 Å². The maximum absolute atomic E-state index is 14.0. The van der Waals surface area contributed by atoms with Crippen LogP contribution in [0.5, 0.6) is 0 Å². The third-order valence-corrected chi connectivity index (χ3v) is 3.98. The Morgan fingerprint density at radius 3 is 2.72 bits per heavy atom. The number of hydrogen-bond donors (Lipinski definition) is 0. The molecule has 1 aromatic carbocycles. The first-order valence-electron chi connectivity index (χ1n) is 6.46. The highest BCUT2D eigenvalue weighted by Crippen LogP contribution is 2.29. The molecule has 0 aromatic heterocycles. The van der Waals surface area contributed by atoms with Crippen molar-refractivity contribution < 1.29 is 9.13 Å². The average Bonchev–Trinajstić information content (AvgIpc) is 2.40. The van der Waals surface area contributed by atoms with Gasteiger partial charge in [0.05, 0.1) is 11.8 Å². The van der Waals surface area contributed by atoms with Crippen LogP contribution in [0.3, 0.4) is 0 Å². The Bertz CT molecular complexity index is 391. The molecule has 4 heteroatoms. The Morgan fingerprint density at radius 1 is 1.39 bits per heavy atom. The standard InChI is InChI=1S/C14H19BrFNO/c1-2-18-12-6-8-17(9-7-12)14-11(10-15)4-3-5-13(14)16/h3-5,12H,2,6-10H2,1H3. The Morgan fingerprint density at radius 2 is 2.11 bits per heavy atom. The van der Waals surface area contributed by atoms with Crippen LogP contribution < -0.4 is 4.90 Å². The molecule has 0 amide bonds. The van der Waals surface area contributed by atoms with Crippen molar-refractivity contribution in [2.24, 2.45) is 0 Å². The lowest BCUT2D eigenvalue weighted by Crippen LogP contribution is -2.38. The molecule has 1 aliphatic heterocycles. The lowest BCUT2D eigenvalue weighted by molar-refractivity contribution is 0.0458. The molecule has 0 radical (unpaired) electrons. The van der Waals surface area contributed by atoms with Crippen molar-refractivity contribution >= 4 is 21.6 Å². The minimum Gasteiger partial charge on any atom is -0.378 e. The molecule has 2 rings (SSSR count). The Balaban J connectivity index is 2.09. The number of piperidine rings is 1. The van der Waals surface area contributed by atoms with Gasteiger partial charge in [-0.15, -0.1) is 0 Å². The topological polar surface area (TPSA) is 12.5 Å². The van der Waals surface area contributed by atoms with E-state index in [1.807, 2.05) is 13.0 Å². The molecule has 0 unspecified atom stereocenters. The lowest BCUT2D eigenvalue weighted by Gasteiger charge is -2.34. The molecule has 1 heterocycles. The Hall–Kier alpha value is -0.610. The van der Waals surface area contributed by atoms with Crippen LogP contribution >= 0.6 is 15.9 Å². The van der Waals surface area contributed by atoms with Crippen LogP contribution in [0, 0.1) is 5.82 Å². The van der Waals surface area contributed by atoms with Crippen molar-refractivity contribution in [1.29, 1.82) is 0 Å². The number of alkyl halides is 1. The minimum absolute atomic E-state index is 0.123. The van der Waals surface area contributed by atoms with E-state index in [2.05, 4.69) is 20.8 Å². The SMILES string of the molecule is CCOC1CCN(c2c(F)cccc2CBr)CC1. The summed E-state index contributed by atoms with van der Waals surface area (Å²) in [7, 11) is 0. The van der Waals surface area contributed by atoms with Gasteiger partial charge in [-0.1, -0.05) is 28.1 Å². The van der Waals surface area contributed by atoms with Crippen LogP contribution in [0.2, 0.25) is 0 Å². The van der Waals surface area contributed by atoms with Crippen molar-refractivity contribution in [3.05, 3.63) is 29.6 Å². The number of rotatable bonds is 4. The molecule has 0 saturated carbocycles. The summed E-state index contributed by atoms with van der Waals surface area (Å²) in [5, 5.41) is 0.686. The van der Waals surface area contributed by atoms with Gasteiger partial charge in [0.1, 0.15) is 5.82 Å². The Labute approximate surface area is 116 Å². The molecule has 0 spiro atoms. The molecule has 1 saturated heterocycles. The van der Waals surface area contributed by atoms with E-state index in [-0.39, 0.29) is 5.82 Å². The molecule has 100 valence electrons. The molecule has 18 heavy (non-hydrogen) atoms. The normalized spacial score (nSPS) is 17.2. The van der Waals surface area contributed by atoms with Gasteiger partial charge in [-0.2, -0.15) is 0 Å². The third-order valence-electron chi connectivity index (χ3n) is 3.37. The second-order valence-electron chi connectivity index (χ2n) is 4.52. The summed E-state index contributed by atoms with van der Waals surface area (Å²) in [6.07, 6.45) is 2.29. The smallest absolute Gasteiger partial charge is 0.146 e. The largest absolute Gasteiger partial charge is 0.378 e. The Kier molecular flexibility index (Phi) is 5.01. The van der Waals surface area contributed by atoms with Gasteiger partial charge in [-0.3, -0.25) is 0 Å². The van der Waals surface area contributed by atoms with Crippen LogP contribution in [0.15, 0.2) is 18.2 Å². The second kappa shape index (κ2) is 6.53. The van der Waals surface area contributed by atoms with Crippen LogP contribution in [0.25, 0.3) is 0 Å². The van der Waals surface area contributed by atoms with Crippen LogP contribution in [0.4, 0.5) is 10.1 Å². The first-order valence-corrected chi connectivity index (χ1v) is 7.58. The average molecular weight is 316 g/mol. The zero-order valence-electron chi connectivity index (χ0n) is 10.7. The molecule has 0 atom stereocenters. The van der Waals surface area contributed by atoms with Crippen molar-refractivity contribution in [2.75, 3.05) is 24.6 Å². The number of halogens is 2. The van der Waals surface area contributed by atoms with Crippen molar-refractivity contribution in [1.82, 2.24) is 0 Å². The third kappa shape index (κ3) is 3.04. The fourth-order valence-corrected chi connectivity index (χ4v) is 2.96. The summed E-state index contributed by atoms with van der Waals surface area (Å²) in [6.45, 7) is 4.51. The van der Waals surface area contributed by atoms with E-state index in [1.54, 1.807) is 6.07 Å². The van der Waals surface area contributed by atoms with E-state index >= 15 is 0 Å². The molecule has 0 bridgehead atoms. The van der Waals surface area contributed by atoms with Gasteiger partial charge in [0.25, 0.3) is 0 Å². The fourth-order valence-electron chi connectivity index (χ4n) is 2.50. The van der Waals surface area contributed by atoms with E-state index in [1.165, 1.54) is 6.07 Å². The summed E-state index contributed by atoms with van der Waals surface area (Å²) < 4.78 is 19.6. The quantitative estimate of drug-likeness (QED) is 0.785. The highest BCUT2D eigenvalue weighted by Gasteiger charge is 2.22. The monoisotopic (exact) mass is 315 g/mol. The van der Waals surface area contributed by atoms with Gasteiger partial charge >= 0.3 is 0 Å². The zero-order valence-corrected chi connectivity index (χ0v) is 12.2. The first kappa shape index (κ1) is 13.8. The van der Waals surface area contributed by atoms with Crippen LogP contribution in [-0.2, 0) is 10.1 Å². The number of benzene rings is 1. The van der Waals surface area contributed by atoms with E-state index in [0.717, 1.165) is 43.8 Å². The first-order chi connectivity index (χ1) is 8.76. The van der Waals surface area contributed by atoms with Crippen molar-refractivity contribution in [3.63, 3.8) is 0 Å². The highest BCUT2D eigenvalue weighted by molar-refractivity contribution is 9.08. The van der Waals surface area contributed by atoms with Gasteiger partial charge in [-0.05, 0) is 31.4 Å². The fraction of sp³-hybridized carbons (Fsp3) is 0.571. The highest BCUT2D eigenvalue weighted by atomic mass is 79.9. The van der Waals surface area contributed by atoms with E-state index in [4.69, 9.17) is 4.74 Å². The molecule has 1 aliphatic rings. The van der Waals surface area contributed by atoms with Crippen LogP contribution in [-0.4, -0.2) is 25.8 Å². The predicted octanol–water partition coefficient (Wildman–Crippen LogP) is 3.73. The minimum atomic E-state index is -0.123. The number of ether oxygens (including phenoxy) is 1. The summed E-state index contributed by atoms with van der Waals surface area (Å²) >= 11 is 3.43. The maximum atomic E-state index is 14.0. The van der Waals surface area contributed by atoms with E-state index < -0.39 is 0 Å². The molecule has 0 N–H and O–H groups in total. The summed E-state index contributed by atoms with van der Waals surface area (Å²) in [5.74, 6) is -0.123. The predicted molar refractivity (Wildman–Crippen MR) is 75.9 cm³/mol.